The molecule has 0 unspecified atom stereocenters. The van der Waals surface area contributed by atoms with E-state index in [0.717, 1.165) is 63.3 Å². The van der Waals surface area contributed by atoms with Crippen LogP contribution in [-0.2, 0) is 34.3 Å². The molecule has 0 aromatic carbocycles. The van der Waals surface area contributed by atoms with Crippen LogP contribution < -0.4 is 4.72 Å². The van der Waals surface area contributed by atoms with E-state index in [4.69, 9.17) is 9.26 Å². The van der Waals surface area contributed by atoms with E-state index < -0.39 is 10.0 Å². The molecule has 21 heavy (non-hydrogen) atoms. The van der Waals surface area contributed by atoms with Crippen LogP contribution in [0.1, 0.15) is 23.4 Å². The van der Waals surface area contributed by atoms with Crippen LogP contribution in [0.3, 0.4) is 0 Å². The van der Waals surface area contributed by atoms with E-state index in [9.17, 15) is 8.42 Å². The van der Waals surface area contributed by atoms with Crippen LogP contribution in [0.2, 0.25) is 0 Å². The van der Waals surface area contributed by atoms with Crippen molar-refractivity contribution >= 4 is 10.0 Å². The maximum atomic E-state index is 11.2. The normalized spacial score (nSPS) is 23.4. The first-order chi connectivity index (χ1) is 10.0. The van der Waals surface area contributed by atoms with Gasteiger partial charge in [-0.1, -0.05) is 5.16 Å². The number of fused-ring (bicyclic) bond motifs is 1. The lowest BCUT2D eigenvalue weighted by molar-refractivity contribution is 0.159. The highest BCUT2D eigenvalue weighted by molar-refractivity contribution is 7.88. The highest BCUT2D eigenvalue weighted by Gasteiger charge is 2.27. The van der Waals surface area contributed by atoms with Crippen molar-refractivity contribution in [2.45, 2.75) is 25.9 Å². The van der Waals surface area contributed by atoms with Crippen molar-refractivity contribution in [3.05, 3.63) is 17.0 Å². The van der Waals surface area contributed by atoms with Crippen molar-refractivity contribution in [2.24, 2.45) is 5.92 Å². The Morgan fingerprint density at radius 2 is 2.33 bits per heavy atom. The largest absolute Gasteiger partial charge is 0.381 e. The summed E-state index contributed by atoms with van der Waals surface area (Å²) in [5.41, 5.74) is 1.74. The summed E-state index contributed by atoms with van der Waals surface area (Å²) < 4.78 is 35.6. The molecule has 7 nitrogen and oxygen atoms in total. The fraction of sp³-hybridized carbons (Fsp3) is 0.769. The second-order valence-electron chi connectivity index (χ2n) is 5.84. The summed E-state index contributed by atoms with van der Waals surface area (Å²) in [5, 5.41) is 4.01. The van der Waals surface area contributed by atoms with Gasteiger partial charge in [-0.2, -0.15) is 0 Å². The van der Waals surface area contributed by atoms with Gasteiger partial charge >= 0.3 is 0 Å². The predicted molar refractivity (Wildman–Crippen MR) is 76.1 cm³/mol. The molecule has 1 fully saturated rings. The molecule has 1 aromatic rings. The highest BCUT2D eigenvalue weighted by atomic mass is 32.2. The summed E-state index contributed by atoms with van der Waals surface area (Å²) in [6.45, 7) is 4.64. The summed E-state index contributed by atoms with van der Waals surface area (Å²) in [6, 6.07) is 0. The minimum absolute atomic E-state index is 0.193. The van der Waals surface area contributed by atoms with E-state index in [1.165, 1.54) is 0 Å². The van der Waals surface area contributed by atoms with Gasteiger partial charge in [-0.05, 0) is 12.3 Å². The van der Waals surface area contributed by atoms with Gasteiger partial charge in [0.1, 0.15) is 11.5 Å². The number of hydrogen-bond acceptors (Lipinski definition) is 6. The lowest BCUT2D eigenvalue weighted by Crippen LogP contribution is -2.35. The van der Waals surface area contributed by atoms with E-state index in [1.807, 2.05) is 0 Å². The number of nitrogens with zero attached hydrogens (tertiary/aromatic N) is 2. The Morgan fingerprint density at radius 3 is 3.05 bits per heavy atom. The molecule has 0 amide bonds. The Hall–Kier alpha value is -0.960. The van der Waals surface area contributed by atoms with Crippen molar-refractivity contribution in [3.63, 3.8) is 0 Å². The van der Waals surface area contributed by atoms with Crippen LogP contribution in [0, 0.1) is 5.92 Å². The molecule has 0 radical (unpaired) electrons. The van der Waals surface area contributed by atoms with Crippen LogP contribution in [-0.4, -0.2) is 51.0 Å². The van der Waals surface area contributed by atoms with Gasteiger partial charge in [0.15, 0.2) is 0 Å². The van der Waals surface area contributed by atoms with E-state index in [2.05, 4.69) is 14.8 Å². The number of hydrogen-bond donors (Lipinski definition) is 1. The Morgan fingerprint density at radius 1 is 1.48 bits per heavy atom. The lowest BCUT2D eigenvalue weighted by Gasteiger charge is -2.28. The summed E-state index contributed by atoms with van der Waals surface area (Å²) in [4.78, 5) is 2.38. The third-order valence-electron chi connectivity index (χ3n) is 4.03. The van der Waals surface area contributed by atoms with Gasteiger partial charge in [-0.15, -0.1) is 0 Å². The predicted octanol–water partition coefficient (Wildman–Crippen LogP) is 0.118. The number of ether oxygens (including phenoxy) is 1. The third-order valence-corrected chi connectivity index (χ3v) is 4.70. The van der Waals surface area contributed by atoms with E-state index >= 15 is 0 Å². The molecule has 0 bridgehead atoms. The van der Waals surface area contributed by atoms with Gasteiger partial charge < -0.3 is 9.26 Å². The molecule has 1 N–H and O–H groups in total. The van der Waals surface area contributed by atoms with Crippen LogP contribution in [0.4, 0.5) is 0 Å². The third kappa shape index (κ3) is 3.82. The van der Waals surface area contributed by atoms with Crippen molar-refractivity contribution in [3.8, 4) is 0 Å². The van der Waals surface area contributed by atoms with E-state index in [0.29, 0.717) is 11.6 Å². The molecule has 118 valence electrons. The standard InChI is InChI=1S/C13H21N3O4S/c1-21(17,18)14-6-12-11-8-16(4-2-13(11)20-15-12)7-10-3-5-19-9-10/h10,14H,2-9H2,1H3/t10-/m1/s1. The average Bonchev–Trinajstić information content (AvgIpc) is 3.05. The number of nitrogens with one attached hydrogen (secondary N) is 1. The first-order valence-corrected chi connectivity index (χ1v) is 9.11. The van der Waals surface area contributed by atoms with Gasteiger partial charge in [0.2, 0.25) is 10.0 Å². The van der Waals surface area contributed by atoms with Gasteiger partial charge in [0, 0.05) is 38.2 Å². The number of rotatable bonds is 5. The topological polar surface area (TPSA) is 84.7 Å². The summed E-state index contributed by atoms with van der Waals surface area (Å²) in [6.07, 6.45) is 3.09. The fourth-order valence-corrected chi connectivity index (χ4v) is 3.31. The second kappa shape index (κ2) is 6.04. The van der Waals surface area contributed by atoms with Crippen molar-refractivity contribution < 1.29 is 17.7 Å². The lowest BCUT2D eigenvalue weighted by atomic mass is 10.0. The summed E-state index contributed by atoms with van der Waals surface area (Å²) in [7, 11) is -3.22. The van der Waals surface area contributed by atoms with Crippen LogP contribution in [0.15, 0.2) is 4.52 Å². The molecule has 3 heterocycles. The van der Waals surface area contributed by atoms with Crippen LogP contribution in [0.5, 0.6) is 0 Å². The molecule has 2 aliphatic rings. The molecular formula is C13H21N3O4S. The van der Waals surface area contributed by atoms with E-state index in [1.54, 1.807) is 0 Å². The van der Waals surface area contributed by atoms with Gasteiger partial charge in [0.25, 0.3) is 0 Å². The minimum Gasteiger partial charge on any atom is -0.381 e. The zero-order valence-corrected chi connectivity index (χ0v) is 13.0. The number of aromatic nitrogens is 1. The fourth-order valence-electron chi connectivity index (χ4n) is 2.91. The van der Waals surface area contributed by atoms with Crippen molar-refractivity contribution in [1.82, 2.24) is 14.8 Å². The molecule has 0 saturated carbocycles. The monoisotopic (exact) mass is 315 g/mol. The summed E-state index contributed by atoms with van der Waals surface area (Å²) >= 11 is 0. The van der Waals surface area contributed by atoms with Gasteiger partial charge in [-0.25, -0.2) is 13.1 Å². The first kappa shape index (κ1) is 15.0. The van der Waals surface area contributed by atoms with Gasteiger partial charge in [-0.3, -0.25) is 4.90 Å². The van der Waals surface area contributed by atoms with Crippen LogP contribution >= 0.6 is 0 Å². The molecule has 0 aliphatic carbocycles. The van der Waals surface area contributed by atoms with Crippen molar-refractivity contribution in [1.29, 1.82) is 0 Å². The highest BCUT2D eigenvalue weighted by Crippen LogP contribution is 2.24. The molecule has 2 aliphatic heterocycles. The number of sulfonamides is 1. The molecule has 3 rings (SSSR count). The zero-order chi connectivity index (χ0) is 14.9. The Bertz CT molecular complexity index is 593. The minimum atomic E-state index is -3.22. The Kier molecular flexibility index (Phi) is 4.30. The van der Waals surface area contributed by atoms with Gasteiger partial charge in [0.05, 0.1) is 19.4 Å². The smallest absolute Gasteiger partial charge is 0.209 e. The zero-order valence-electron chi connectivity index (χ0n) is 12.2. The SMILES string of the molecule is CS(=O)(=O)NCc1noc2c1CN(C[C@H]1CCOC1)CC2. The Labute approximate surface area is 124 Å². The molecule has 1 aromatic heterocycles. The average molecular weight is 315 g/mol. The van der Waals surface area contributed by atoms with Crippen LogP contribution in [0.25, 0.3) is 0 Å². The molecule has 1 saturated heterocycles. The summed E-state index contributed by atoms with van der Waals surface area (Å²) in [5.74, 6) is 1.49. The first-order valence-electron chi connectivity index (χ1n) is 7.22. The second-order valence-corrected chi connectivity index (χ2v) is 7.67. The Balaban J connectivity index is 1.64. The molecule has 0 spiro atoms. The maximum absolute atomic E-state index is 11.2. The molecular weight excluding hydrogens is 294 g/mol. The van der Waals surface area contributed by atoms with E-state index in [-0.39, 0.29) is 6.54 Å². The van der Waals surface area contributed by atoms with Crippen molar-refractivity contribution in [2.75, 3.05) is 32.6 Å². The maximum Gasteiger partial charge on any atom is 0.209 e. The quantitative estimate of drug-likeness (QED) is 0.831. The molecule has 8 heteroatoms. The molecule has 1 atom stereocenters.